The number of nitriles is 1. The third-order valence-electron chi connectivity index (χ3n) is 3.40. The molecule has 1 N–H and O–H groups in total. The molecule has 1 heterocycles. The number of nitrogens with zero attached hydrogens (tertiary/aromatic N) is 1. The lowest BCUT2D eigenvalue weighted by Crippen LogP contribution is -2.18. The van der Waals surface area contributed by atoms with Crippen molar-refractivity contribution in [3.05, 3.63) is 64.2 Å². The maximum absolute atomic E-state index is 8.99. The van der Waals surface area contributed by atoms with Crippen molar-refractivity contribution in [3.8, 4) is 6.07 Å². The van der Waals surface area contributed by atoms with Gasteiger partial charge in [0.25, 0.3) is 0 Å². The van der Waals surface area contributed by atoms with Gasteiger partial charge in [-0.25, -0.2) is 0 Å². The van der Waals surface area contributed by atoms with E-state index in [1.807, 2.05) is 17.8 Å². The first kappa shape index (κ1) is 13.4. The summed E-state index contributed by atoms with van der Waals surface area (Å²) in [5, 5.41) is 13.1. The van der Waals surface area contributed by atoms with E-state index in [-0.39, 0.29) is 6.04 Å². The van der Waals surface area contributed by atoms with Crippen molar-refractivity contribution < 1.29 is 0 Å². The third-order valence-corrected chi connectivity index (χ3v) is 4.81. The second kappa shape index (κ2) is 5.78. The Labute approximate surface area is 127 Å². The van der Waals surface area contributed by atoms with Crippen LogP contribution in [-0.4, -0.2) is 5.75 Å². The summed E-state index contributed by atoms with van der Waals surface area (Å²) in [7, 11) is 0. The molecule has 3 rings (SSSR count). The first-order valence-corrected chi connectivity index (χ1v) is 7.93. The lowest BCUT2D eigenvalue weighted by atomic mass is 10.0. The van der Waals surface area contributed by atoms with Gasteiger partial charge in [-0.2, -0.15) is 17.0 Å². The van der Waals surface area contributed by atoms with Crippen LogP contribution in [0.5, 0.6) is 0 Å². The number of fused-ring (bicyclic) bond motifs is 1. The zero-order valence-corrected chi connectivity index (χ0v) is 12.3. The molecule has 0 bridgehead atoms. The summed E-state index contributed by atoms with van der Waals surface area (Å²) < 4.78 is 0. The summed E-state index contributed by atoms with van der Waals surface area (Å²) >= 11 is 8.13. The summed E-state index contributed by atoms with van der Waals surface area (Å²) in [5.41, 5.74) is 4.14. The molecule has 1 unspecified atom stereocenters. The molecule has 0 amide bonds. The third kappa shape index (κ3) is 2.63. The van der Waals surface area contributed by atoms with Crippen molar-refractivity contribution in [1.82, 2.24) is 0 Å². The number of nitrogens with one attached hydrogen (secondary N) is 1. The van der Waals surface area contributed by atoms with Gasteiger partial charge < -0.3 is 5.32 Å². The first-order chi connectivity index (χ1) is 9.78. The zero-order chi connectivity index (χ0) is 13.9. The number of hydrogen-bond acceptors (Lipinski definition) is 3. The first-order valence-electron chi connectivity index (χ1n) is 6.39. The van der Waals surface area contributed by atoms with Gasteiger partial charge in [0, 0.05) is 11.5 Å². The fourth-order valence-corrected chi connectivity index (χ4v) is 3.67. The minimum absolute atomic E-state index is 0.233. The summed E-state index contributed by atoms with van der Waals surface area (Å²) in [6.07, 6.45) is 0. The number of anilines is 1. The van der Waals surface area contributed by atoms with E-state index in [9.17, 15) is 0 Å². The number of thioether (sulfide) groups is 1. The molecule has 20 heavy (non-hydrogen) atoms. The Morgan fingerprint density at radius 2 is 2.10 bits per heavy atom. The van der Waals surface area contributed by atoms with Crippen LogP contribution in [0.2, 0.25) is 5.02 Å². The standard InChI is InChI=1S/C16H13ClN2S/c17-14-6-5-11(8-18)7-15(14)19-16-10-20-9-12-3-1-2-4-13(12)16/h1-7,16,19H,9-10H2. The molecule has 0 spiro atoms. The molecule has 0 aromatic heterocycles. The molecule has 0 saturated carbocycles. The van der Waals surface area contributed by atoms with Gasteiger partial charge in [0.1, 0.15) is 0 Å². The molecule has 1 aliphatic heterocycles. The fourth-order valence-electron chi connectivity index (χ4n) is 2.39. The monoisotopic (exact) mass is 300 g/mol. The van der Waals surface area contributed by atoms with Crippen LogP contribution < -0.4 is 5.32 Å². The molecule has 1 aliphatic rings. The molecule has 2 nitrogen and oxygen atoms in total. The Bertz CT molecular complexity index is 678. The van der Waals surface area contributed by atoms with Crippen molar-refractivity contribution >= 4 is 29.1 Å². The van der Waals surface area contributed by atoms with Crippen LogP contribution in [-0.2, 0) is 5.75 Å². The number of hydrogen-bond donors (Lipinski definition) is 1. The molecule has 1 atom stereocenters. The average Bonchev–Trinajstić information content (AvgIpc) is 2.50. The van der Waals surface area contributed by atoms with Gasteiger partial charge in [-0.15, -0.1) is 0 Å². The van der Waals surface area contributed by atoms with Gasteiger partial charge in [-0.05, 0) is 29.3 Å². The summed E-state index contributed by atoms with van der Waals surface area (Å²) in [4.78, 5) is 0. The SMILES string of the molecule is N#Cc1ccc(Cl)c(NC2CSCc3ccccc32)c1. The molecular formula is C16H13ClN2S. The molecule has 0 fully saturated rings. The molecule has 0 aliphatic carbocycles. The smallest absolute Gasteiger partial charge is 0.0992 e. The highest BCUT2D eigenvalue weighted by atomic mass is 35.5. The van der Waals surface area contributed by atoms with Crippen LogP contribution in [0.15, 0.2) is 42.5 Å². The number of benzene rings is 2. The van der Waals surface area contributed by atoms with Crippen LogP contribution >= 0.6 is 23.4 Å². The van der Waals surface area contributed by atoms with Gasteiger partial charge in [-0.1, -0.05) is 35.9 Å². The van der Waals surface area contributed by atoms with Crippen molar-refractivity contribution in [3.63, 3.8) is 0 Å². The molecule has 4 heteroatoms. The van der Waals surface area contributed by atoms with E-state index >= 15 is 0 Å². The van der Waals surface area contributed by atoms with E-state index in [1.165, 1.54) is 11.1 Å². The molecule has 100 valence electrons. The predicted octanol–water partition coefficient (Wildman–Crippen LogP) is 4.61. The van der Waals surface area contributed by atoms with Crippen LogP contribution in [0.4, 0.5) is 5.69 Å². The van der Waals surface area contributed by atoms with E-state index in [0.29, 0.717) is 10.6 Å². The minimum atomic E-state index is 0.233. The number of rotatable bonds is 2. The van der Waals surface area contributed by atoms with Crippen molar-refractivity contribution in [2.24, 2.45) is 0 Å². The molecule has 0 radical (unpaired) electrons. The number of halogens is 1. The average molecular weight is 301 g/mol. The maximum atomic E-state index is 8.99. The van der Waals surface area contributed by atoms with Crippen LogP contribution in [0, 0.1) is 11.3 Å². The van der Waals surface area contributed by atoms with E-state index in [1.54, 1.807) is 12.1 Å². The quantitative estimate of drug-likeness (QED) is 0.879. The summed E-state index contributed by atoms with van der Waals surface area (Å²) in [6, 6.07) is 16.2. The van der Waals surface area contributed by atoms with Gasteiger partial charge >= 0.3 is 0 Å². The second-order valence-corrected chi connectivity index (χ2v) is 6.15. The van der Waals surface area contributed by atoms with Crippen molar-refractivity contribution in [2.45, 2.75) is 11.8 Å². The van der Waals surface area contributed by atoms with E-state index < -0.39 is 0 Å². The largest absolute Gasteiger partial charge is 0.376 e. The fraction of sp³-hybridized carbons (Fsp3) is 0.188. The highest BCUT2D eigenvalue weighted by Gasteiger charge is 2.20. The zero-order valence-electron chi connectivity index (χ0n) is 10.8. The van der Waals surface area contributed by atoms with E-state index in [0.717, 1.165) is 17.2 Å². The Hall–Kier alpha value is -1.63. The van der Waals surface area contributed by atoms with Gasteiger partial charge in [-0.3, -0.25) is 0 Å². The second-order valence-electron chi connectivity index (χ2n) is 4.72. The maximum Gasteiger partial charge on any atom is 0.0992 e. The molecule has 2 aromatic rings. The minimum Gasteiger partial charge on any atom is -0.376 e. The summed E-state index contributed by atoms with van der Waals surface area (Å²) in [5.74, 6) is 2.06. The van der Waals surface area contributed by atoms with E-state index in [2.05, 4.69) is 35.7 Å². The van der Waals surface area contributed by atoms with Crippen molar-refractivity contribution in [2.75, 3.05) is 11.1 Å². The molecule has 2 aromatic carbocycles. The molecule has 0 saturated heterocycles. The summed E-state index contributed by atoms with van der Waals surface area (Å²) in [6.45, 7) is 0. The molecular weight excluding hydrogens is 288 g/mol. The van der Waals surface area contributed by atoms with Crippen molar-refractivity contribution in [1.29, 1.82) is 5.26 Å². The highest BCUT2D eigenvalue weighted by molar-refractivity contribution is 7.98. The van der Waals surface area contributed by atoms with Gasteiger partial charge in [0.15, 0.2) is 0 Å². The predicted molar refractivity (Wildman–Crippen MR) is 85.1 cm³/mol. The van der Waals surface area contributed by atoms with Gasteiger partial charge in [0.2, 0.25) is 0 Å². The Morgan fingerprint density at radius 3 is 2.95 bits per heavy atom. The van der Waals surface area contributed by atoms with Gasteiger partial charge in [0.05, 0.1) is 28.4 Å². The van der Waals surface area contributed by atoms with Crippen LogP contribution in [0.3, 0.4) is 0 Å². The Kier molecular flexibility index (Phi) is 3.86. The lowest BCUT2D eigenvalue weighted by molar-refractivity contribution is 0.871. The normalized spacial score (nSPS) is 17.1. The van der Waals surface area contributed by atoms with E-state index in [4.69, 9.17) is 16.9 Å². The lowest BCUT2D eigenvalue weighted by Gasteiger charge is -2.27. The Balaban J connectivity index is 1.91. The topological polar surface area (TPSA) is 35.8 Å². The van der Waals surface area contributed by atoms with Crippen LogP contribution in [0.1, 0.15) is 22.7 Å². The highest BCUT2D eigenvalue weighted by Crippen LogP contribution is 2.35. The van der Waals surface area contributed by atoms with Crippen LogP contribution in [0.25, 0.3) is 0 Å². The Morgan fingerprint density at radius 1 is 1.25 bits per heavy atom.